The summed E-state index contributed by atoms with van der Waals surface area (Å²) in [6.07, 6.45) is 1.16. The molecule has 0 aliphatic carbocycles. The van der Waals surface area contributed by atoms with E-state index in [1.807, 2.05) is 0 Å². The van der Waals surface area contributed by atoms with E-state index in [1.165, 1.54) is 36.5 Å². The Morgan fingerprint density at radius 2 is 1.82 bits per heavy atom. The number of carbonyl (C=O) groups is 2. The molecule has 15 heteroatoms. The molecule has 0 unspecified atom stereocenters. The molecule has 0 aliphatic rings. The van der Waals surface area contributed by atoms with E-state index < -0.39 is 21.7 Å². The van der Waals surface area contributed by atoms with Crippen molar-refractivity contribution in [1.82, 2.24) is 15.6 Å². The predicted molar refractivity (Wildman–Crippen MR) is 119 cm³/mol. The molecule has 0 saturated heterocycles. The Labute approximate surface area is 193 Å². The highest BCUT2D eigenvalue weighted by atomic mass is 35.5. The van der Waals surface area contributed by atoms with Gasteiger partial charge < -0.3 is 0 Å². The fourth-order valence-electron chi connectivity index (χ4n) is 2.38. The van der Waals surface area contributed by atoms with E-state index in [0.29, 0.717) is 10.6 Å². The summed E-state index contributed by atoms with van der Waals surface area (Å²) in [5.74, 6) is -1.10. The van der Waals surface area contributed by atoms with Crippen LogP contribution in [0.3, 0.4) is 0 Å². The van der Waals surface area contributed by atoms with Crippen molar-refractivity contribution in [2.75, 3.05) is 5.32 Å². The van der Waals surface area contributed by atoms with Gasteiger partial charge in [0.2, 0.25) is 11.0 Å². The minimum atomic E-state index is -0.665. The minimum absolute atomic E-state index is 0.0629. The van der Waals surface area contributed by atoms with Crippen molar-refractivity contribution in [1.29, 1.82) is 0 Å². The van der Waals surface area contributed by atoms with Crippen molar-refractivity contribution in [3.05, 3.63) is 83.9 Å². The van der Waals surface area contributed by atoms with Gasteiger partial charge in [-0.15, -0.1) is 10.2 Å². The normalized spacial score (nSPS) is 10.7. The Hall–Kier alpha value is -4.30. The fourth-order valence-corrected chi connectivity index (χ4v) is 3.36. The summed E-state index contributed by atoms with van der Waals surface area (Å²) in [7, 11) is 0. The first kappa shape index (κ1) is 23.4. The van der Waals surface area contributed by atoms with Crippen LogP contribution in [-0.4, -0.2) is 38.1 Å². The van der Waals surface area contributed by atoms with E-state index in [2.05, 4.69) is 26.0 Å². The van der Waals surface area contributed by atoms with Crippen molar-refractivity contribution in [2.45, 2.75) is 6.42 Å². The molecule has 0 aliphatic heterocycles. The second-order valence-electron chi connectivity index (χ2n) is 6.20. The molecule has 2 N–H and O–H groups in total. The molecule has 0 fully saturated rings. The maximum Gasteiger partial charge on any atom is 0.287 e. The number of anilines is 1. The first-order valence-electron chi connectivity index (χ1n) is 8.87. The van der Waals surface area contributed by atoms with Crippen LogP contribution in [0.25, 0.3) is 0 Å². The summed E-state index contributed by atoms with van der Waals surface area (Å²) in [6.45, 7) is 0. The molecule has 3 rings (SSSR count). The topological polar surface area (TPSA) is 183 Å². The van der Waals surface area contributed by atoms with Gasteiger partial charge >= 0.3 is 0 Å². The van der Waals surface area contributed by atoms with E-state index in [9.17, 15) is 29.8 Å². The molecular formula is C18H12ClN7O6S. The number of non-ortho nitro benzene ring substituents is 1. The monoisotopic (exact) mass is 489 g/mol. The maximum absolute atomic E-state index is 12.3. The van der Waals surface area contributed by atoms with Gasteiger partial charge in [-0.3, -0.25) is 35.1 Å². The number of nitro groups is 2. The first-order chi connectivity index (χ1) is 15.7. The van der Waals surface area contributed by atoms with Crippen LogP contribution in [0.5, 0.6) is 0 Å². The van der Waals surface area contributed by atoms with Gasteiger partial charge in [-0.05, 0) is 29.8 Å². The lowest BCUT2D eigenvalue weighted by atomic mass is 10.2. The molecule has 2 amide bonds. The van der Waals surface area contributed by atoms with Crippen LogP contribution < -0.4 is 10.7 Å². The number of amides is 2. The summed E-state index contributed by atoms with van der Waals surface area (Å²) < 4.78 is 0. The van der Waals surface area contributed by atoms with Crippen LogP contribution in [0, 0.1) is 20.2 Å². The Morgan fingerprint density at radius 3 is 2.45 bits per heavy atom. The van der Waals surface area contributed by atoms with Crippen LogP contribution in [0.15, 0.2) is 47.6 Å². The number of carbonyl (C=O) groups excluding carboxylic acids is 2. The van der Waals surface area contributed by atoms with Gasteiger partial charge in [-0.25, -0.2) is 5.43 Å². The third-order valence-corrected chi connectivity index (χ3v) is 5.05. The lowest BCUT2D eigenvalue weighted by molar-refractivity contribution is -0.385. The van der Waals surface area contributed by atoms with Crippen LogP contribution in [0.4, 0.5) is 16.5 Å². The molecule has 33 heavy (non-hydrogen) atoms. The van der Waals surface area contributed by atoms with E-state index >= 15 is 0 Å². The van der Waals surface area contributed by atoms with E-state index in [-0.39, 0.29) is 33.5 Å². The van der Waals surface area contributed by atoms with E-state index in [1.54, 1.807) is 0 Å². The highest BCUT2D eigenvalue weighted by Crippen LogP contribution is 2.25. The number of halogens is 1. The van der Waals surface area contributed by atoms with Gasteiger partial charge in [0, 0.05) is 23.8 Å². The van der Waals surface area contributed by atoms with E-state index in [4.69, 9.17) is 11.6 Å². The summed E-state index contributed by atoms with van der Waals surface area (Å²) in [4.78, 5) is 44.5. The Kier molecular flexibility index (Phi) is 7.32. The number of hydrogen-bond donors (Lipinski definition) is 2. The first-order valence-corrected chi connectivity index (χ1v) is 10.1. The fraction of sp³-hybridized carbons (Fsp3) is 0.0556. The van der Waals surface area contributed by atoms with Gasteiger partial charge in [-0.1, -0.05) is 22.9 Å². The van der Waals surface area contributed by atoms with Gasteiger partial charge in [0.1, 0.15) is 10.0 Å². The third-order valence-electron chi connectivity index (χ3n) is 3.91. The maximum atomic E-state index is 12.3. The second kappa shape index (κ2) is 10.3. The number of nitro benzene ring substituents is 2. The molecule has 0 spiro atoms. The summed E-state index contributed by atoms with van der Waals surface area (Å²) >= 11 is 6.76. The average Bonchev–Trinajstić information content (AvgIpc) is 3.20. The lowest BCUT2D eigenvalue weighted by Gasteiger charge is -2.02. The molecule has 1 heterocycles. The number of aromatic nitrogens is 2. The van der Waals surface area contributed by atoms with Crippen molar-refractivity contribution in [3.8, 4) is 0 Å². The minimum Gasteiger partial charge on any atom is -0.296 e. The molecule has 13 nitrogen and oxygen atoms in total. The van der Waals surface area contributed by atoms with Crippen LogP contribution in [0.2, 0.25) is 5.02 Å². The van der Waals surface area contributed by atoms with Crippen molar-refractivity contribution in [2.24, 2.45) is 5.10 Å². The Balaban J connectivity index is 1.53. The largest absolute Gasteiger partial charge is 0.296 e. The zero-order valence-corrected chi connectivity index (χ0v) is 17.9. The highest BCUT2D eigenvalue weighted by Gasteiger charge is 2.17. The zero-order chi connectivity index (χ0) is 24.0. The number of hydrogen-bond acceptors (Lipinski definition) is 10. The van der Waals surface area contributed by atoms with Crippen LogP contribution >= 0.6 is 22.9 Å². The SMILES string of the molecule is O=C(Cc1nnc(NC(=O)c2ccc([N+](=O)[O-])c(Cl)c2)s1)N/N=C\c1ccc([N+](=O)[O-])cc1. The molecule has 2 aromatic carbocycles. The third kappa shape index (κ3) is 6.34. The molecule has 1 aromatic heterocycles. The van der Waals surface area contributed by atoms with Crippen molar-refractivity contribution in [3.63, 3.8) is 0 Å². The Morgan fingerprint density at radius 1 is 1.09 bits per heavy atom. The summed E-state index contributed by atoms with van der Waals surface area (Å²) in [5.41, 5.74) is 2.54. The van der Waals surface area contributed by atoms with Gasteiger partial charge in [0.25, 0.3) is 17.3 Å². The highest BCUT2D eigenvalue weighted by molar-refractivity contribution is 7.15. The quantitative estimate of drug-likeness (QED) is 0.275. The van der Waals surface area contributed by atoms with E-state index in [0.717, 1.165) is 23.5 Å². The molecule has 3 aromatic rings. The summed E-state index contributed by atoms with van der Waals surface area (Å²) in [6, 6.07) is 9.10. The van der Waals surface area contributed by atoms with Crippen LogP contribution in [0.1, 0.15) is 20.9 Å². The van der Waals surface area contributed by atoms with Gasteiger partial charge in [0.05, 0.1) is 22.5 Å². The molecule has 0 radical (unpaired) electrons. The van der Waals surface area contributed by atoms with Gasteiger partial charge in [-0.2, -0.15) is 5.10 Å². The zero-order valence-electron chi connectivity index (χ0n) is 16.3. The van der Waals surface area contributed by atoms with Crippen LogP contribution in [-0.2, 0) is 11.2 Å². The molecule has 168 valence electrons. The number of nitrogens with zero attached hydrogens (tertiary/aromatic N) is 5. The summed E-state index contributed by atoms with van der Waals surface area (Å²) in [5, 5.41) is 35.5. The Bertz CT molecular complexity index is 1260. The van der Waals surface area contributed by atoms with Crippen molar-refractivity contribution < 1.29 is 19.4 Å². The number of nitrogens with one attached hydrogen (secondary N) is 2. The molecule has 0 bridgehead atoms. The molecule has 0 saturated carbocycles. The van der Waals surface area contributed by atoms with Crippen molar-refractivity contribution >= 4 is 57.5 Å². The van der Waals surface area contributed by atoms with Gasteiger partial charge in [0.15, 0.2) is 0 Å². The number of rotatable bonds is 8. The predicted octanol–water partition coefficient (Wildman–Crippen LogP) is 2.95. The number of hydrazone groups is 1. The lowest BCUT2D eigenvalue weighted by Crippen LogP contribution is -2.19. The molecule has 0 atom stereocenters. The standard InChI is InChI=1S/C18H12ClN7O6S/c19-13-7-11(3-6-14(13)26(31)32)17(28)21-18-24-23-16(33-18)8-15(27)22-20-9-10-1-4-12(5-2-10)25(29)30/h1-7,9H,8H2,(H,22,27)(H,21,24,28)/b20-9-. The number of benzene rings is 2. The molecular weight excluding hydrogens is 478 g/mol. The smallest absolute Gasteiger partial charge is 0.287 e. The average molecular weight is 490 g/mol. The second-order valence-corrected chi connectivity index (χ2v) is 7.67.